The minimum absolute atomic E-state index is 0.0116. The van der Waals surface area contributed by atoms with E-state index in [2.05, 4.69) is 22.5 Å². The van der Waals surface area contributed by atoms with Crippen LogP contribution >= 0.6 is 0 Å². The molecule has 1 rings (SSSR count). The molecule has 0 saturated heterocycles. The van der Waals surface area contributed by atoms with Gasteiger partial charge in [-0.15, -0.1) is 0 Å². The third-order valence-corrected chi connectivity index (χ3v) is 2.79. The topological polar surface area (TPSA) is 87.0 Å². The number of ether oxygens (including phenoxy) is 1. The highest BCUT2D eigenvalue weighted by Gasteiger charge is 2.07. The van der Waals surface area contributed by atoms with Gasteiger partial charge in [0.2, 0.25) is 0 Å². The van der Waals surface area contributed by atoms with E-state index in [4.69, 9.17) is 10.00 Å². The Morgan fingerprint density at radius 1 is 1.41 bits per heavy atom. The Kier molecular flexibility index (Phi) is 9.06. The van der Waals surface area contributed by atoms with Gasteiger partial charge in [0, 0.05) is 32.2 Å². The van der Waals surface area contributed by atoms with Gasteiger partial charge in [-0.25, -0.2) is 4.98 Å². The van der Waals surface area contributed by atoms with Crippen LogP contribution in [0.4, 0.5) is 5.82 Å². The van der Waals surface area contributed by atoms with Gasteiger partial charge in [0.15, 0.2) is 0 Å². The van der Waals surface area contributed by atoms with Crippen molar-refractivity contribution in [2.45, 2.75) is 26.2 Å². The largest absolute Gasteiger partial charge is 0.381 e. The smallest absolute Gasteiger partial charge is 0.263 e. The zero-order chi connectivity index (χ0) is 16.0. The molecule has 0 bridgehead atoms. The fourth-order valence-corrected chi connectivity index (χ4v) is 1.56. The normalized spacial score (nSPS) is 10.8. The summed E-state index contributed by atoms with van der Waals surface area (Å²) in [4.78, 5) is 15.9. The second-order valence-corrected chi connectivity index (χ2v) is 4.60. The average molecular weight is 302 g/mol. The first-order chi connectivity index (χ1) is 10.8. The van der Waals surface area contributed by atoms with Gasteiger partial charge in [0.05, 0.1) is 0 Å². The van der Waals surface area contributed by atoms with Crippen molar-refractivity contribution in [2.24, 2.45) is 0 Å². The number of nitriles is 1. The second kappa shape index (κ2) is 11.3. The minimum Gasteiger partial charge on any atom is -0.381 e. The van der Waals surface area contributed by atoms with Crippen molar-refractivity contribution in [3.05, 3.63) is 36.2 Å². The summed E-state index contributed by atoms with van der Waals surface area (Å²) in [7, 11) is 0. The van der Waals surface area contributed by atoms with Gasteiger partial charge in [0.25, 0.3) is 5.91 Å². The first-order valence-electron chi connectivity index (χ1n) is 7.41. The molecule has 6 nitrogen and oxygen atoms in total. The number of anilines is 1. The second-order valence-electron chi connectivity index (χ2n) is 4.60. The van der Waals surface area contributed by atoms with Gasteiger partial charge in [-0.3, -0.25) is 4.79 Å². The number of rotatable bonds is 10. The molecule has 22 heavy (non-hydrogen) atoms. The van der Waals surface area contributed by atoms with Crippen LogP contribution in [-0.4, -0.2) is 30.6 Å². The lowest BCUT2D eigenvalue weighted by atomic mass is 10.3. The molecular formula is C16H22N4O2. The SMILES string of the molecule is CCCCOCCCNC(=O)/C(C#N)=C\Nc1ccccn1. The molecule has 0 radical (unpaired) electrons. The van der Waals surface area contributed by atoms with E-state index >= 15 is 0 Å². The lowest BCUT2D eigenvalue weighted by Gasteiger charge is -2.05. The van der Waals surface area contributed by atoms with Gasteiger partial charge in [-0.1, -0.05) is 19.4 Å². The van der Waals surface area contributed by atoms with Crippen molar-refractivity contribution in [3.63, 3.8) is 0 Å². The highest BCUT2D eigenvalue weighted by molar-refractivity contribution is 5.97. The predicted molar refractivity (Wildman–Crippen MR) is 84.9 cm³/mol. The Labute approximate surface area is 131 Å². The van der Waals surface area contributed by atoms with Crippen LogP contribution in [0.25, 0.3) is 0 Å². The molecule has 0 atom stereocenters. The zero-order valence-electron chi connectivity index (χ0n) is 12.8. The third-order valence-electron chi connectivity index (χ3n) is 2.79. The summed E-state index contributed by atoms with van der Waals surface area (Å²) < 4.78 is 5.40. The van der Waals surface area contributed by atoms with Crippen LogP contribution in [0.15, 0.2) is 36.2 Å². The first-order valence-corrected chi connectivity index (χ1v) is 7.41. The van der Waals surface area contributed by atoms with Crippen molar-refractivity contribution in [3.8, 4) is 6.07 Å². The fourth-order valence-electron chi connectivity index (χ4n) is 1.56. The number of hydrogen-bond acceptors (Lipinski definition) is 5. The Balaban J connectivity index is 2.28. The Hall–Kier alpha value is -2.39. The van der Waals surface area contributed by atoms with E-state index < -0.39 is 5.91 Å². The number of hydrogen-bond donors (Lipinski definition) is 2. The van der Waals surface area contributed by atoms with Crippen LogP contribution in [-0.2, 0) is 9.53 Å². The molecule has 1 aromatic rings. The molecule has 1 aromatic heterocycles. The van der Waals surface area contributed by atoms with Gasteiger partial charge in [-0.05, 0) is 25.0 Å². The monoisotopic (exact) mass is 302 g/mol. The molecule has 0 fully saturated rings. The van der Waals surface area contributed by atoms with Crippen molar-refractivity contribution in [2.75, 3.05) is 25.1 Å². The number of nitrogens with one attached hydrogen (secondary N) is 2. The summed E-state index contributed by atoms with van der Waals surface area (Å²) in [5.41, 5.74) is 0.0116. The van der Waals surface area contributed by atoms with E-state index in [1.807, 2.05) is 12.1 Å². The molecular weight excluding hydrogens is 280 g/mol. The van der Waals surface area contributed by atoms with E-state index in [0.29, 0.717) is 19.0 Å². The summed E-state index contributed by atoms with van der Waals surface area (Å²) in [5, 5.41) is 14.5. The van der Waals surface area contributed by atoms with Crippen molar-refractivity contribution >= 4 is 11.7 Å². The number of amides is 1. The summed E-state index contributed by atoms with van der Waals surface area (Å²) in [6, 6.07) is 7.22. The third kappa shape index (κ3) is 7.41. The van der Waals surface area contributed by atoms with Crippen LogP contribution in [0, 0.1) is 11.3 Å². The molecule has 0 aliphatic heterocycles. The molecule has 0 spiro atoms. The van der Waals surface area contributed by atoms with Crippen LogP contribution in [0.2, 0.25) is 0 Å². The van der Waals surface area contributed by atoms with E-state index in [1.54, 1.807) is 18.3 Å². The van der Waals surface area contributed by atoms with Crippen molar-refractivity contribution < 1.29 is 9.53 Å². The van der Waals surface area contributed by atoms with Crippen LogP contribution in [0.5, 0.6) is 0 Å². The van der Waals surface area contributed by atoms with Crippen molar-refractivity contribution in [1.29, 1.82) is 5.26 Å². The lowest BCUT2D eigenvalue weighted by Crippen LogP contribution is -2.26. The summed E-state index contributed by atoms with van der Waals surface area (Å²) in [6.45, 7) is 3.95. The van der Waals surface area contributed by atoms with Crippen LogP contribution in [0.1, 0.15) is 26.2 Å². The first kappa shape index (κ1) is 17.7. The number of nitrogens with zero attached hydrogens (tertiary/aromatic N) is 2. The van der Waals surface area contributed by atoms with Crippen LogP contribution < -0.4 is 10.6 Å². The fraction of sp³-hybridized carbons (Fsp3) is 0.438. The number of carbonyl (C=O) groups excluding carboxylic acids is 1. The highest BCUT2D eigenvalue weighted by atomic mass is 16.5. The summed E-state index contributed by atoms with van der Waals surface area (Å²) in [5.74, 6) is 0.173. The molecule has 0 aromatic carbocycles. The maximum Gasteiger partial charge on any atom is 0.263 e. The quantitative estimate of drug-likeness (QED) is 0.393. The predicted octanol–water partition coefficient (Wildman–Crippen LogP) is 2.22. The van der Waals surface area contributed by atoms with Crippen LogP contribution in [0.3, 0.4) is 0 Å². The number of carbonyl (C=O) groups is 1. The van der Waals surface area contributed by atoms with E-state index in [0.717, 1.165) is 25.9 Å². The molecule has 6 heteroatoms. The van der Waals surface area contributed by atoms with Gasteiger partial charge in [0.1, 0.15) is 17.5 Å². The Morgan fingerprint density at radius 2 is 2.23 bits per heavy atom. The van der Waals surface area contributed by atoms with E-state index in [-0.39, 0.29) is 5.57 Å². The highest BCUT2D eigenvalue weighted by Crippen LogP contribution is 2.01. The molecule has 0 aliphatic carbocycles. The van der Waals surface area contributed by atoms with Gasteiger partial charge >= 0.3 is 0 Å². The molecule has 2 N–H and O–H groups in total. The standard InChI is InChI=1S/C16H22N4O2/c1-2-3-10-22-11-6-9-19-16(21)14(12-17)13-20-15-7-4-5-8-18-15/h4-5,7-8,13H,2-3,6,9-11H2,1H3,(H,18,20)(H,19,21)/b14-13-. The zero-order valence-corrected chi connectivity index (χ0v) is 12.8. The van der Waals surface area contributed by atoms with E-state index in [1.165, 1.54) is 6.20 Å². The van der Waals surface area contributed by atoms with Gasteiger partial charge < -0.3 is 15.4 Å². The molecule has 0 aliphatic rings. The Morgan fingerprint density at radius 3 is 2.91 bits per heavy atom. The Bertz CT molecular complexity index is 509. The number of unbranched alkanes of at least 4 members (excludes halogenated alkanes) is 1. The molecule has 0 unspecified atom stereocenters. The number of aromatic nitrogens is 1. The molecule has 118 valence electrons. The number of pyridine rings is 1. The van der Waals surface area contributed by atoms with Gasteiger partial charge in [-0.2, -0.15) is 5.26 Å². The summed E-state index contributed by atoms with van der Waals surface area (Å²) >= 11 is 0. The minimum atomic E-state index is -0.403. The van der Waals surface area contributed by atoms with E-state index in [9.17, 15) is 4.79 Å². The lowest BCUT2D eigenvalue weighted by molar-refractivity contribution is -0.117. The maximum absolute atomic E-state index is 11.8. The molecule has 0 saturated carbocycles. The molecule has 1 heterocycles. The average Bonchev–Trinajstić information content (AvgIpc) is 2.55. The maximum atomic E-state index is 11.8. The van der Waals surface area contributed by atoms with Crippen molar-refractivity contribution in [1.82, 2.24) is 10.3 Å². The molecule has 1 amide bonds. The summed E-state index contributed by atoms with van der Waals surface area (Å²) in [6.07, 6.45) is 5.86.